The smallest absolute Gasteiger partial charge is 0.321 e. The fourth-order valence-corrected chi connectivity index (χ4v) is 0.767. The van der Waals surface area contributed by atoms with Gasteiger partial charge in [0, 0.05) is 0 Å². The zero-order chi connectivity index (χ0) is 9.56. The Kier molecular flexibility index (Phi) is 5.03. The van der Waals surface area contributed by atoms with Crippen molar-refractivity contribution in [3.8, 4) is 0 Å². The van der Waals surface area contributed by atoms with Gasteiger partial charge in [0.05, 0.1) is 6.42 Å². The van der Waals surface area contributed by atoms with Gasteiger partial charge in [-0.1, -0.05) is 6.92 Å². The molecule has 5 heteroatoms. The minimum Gasteiger partial charge on any atom is -0.480 e. The molecule has 12 heavy (non-hydrogen) atoms. The number of carbonyl (C=O) groups excluding carboxylic acids is 1. The average molecular weight is 174 g/mol. The van der Waals surface area contributed by atoms with Crippen molar-refractivity contribution in [3.05, 3.63) is 0 Å². The summed E-state index contributed by atoms with van der Waals surface area (Å²) in [6, 6.07) is -0.845. The van der Waals surface area contributed by atoms with Crippen LogP contribution in [-0.4, -0.2) is 29.6 Å². The van der Waals surface area contributed by atoms with Crippen molar-refractivity contribution in [2.45, 2.75) is 25.8 Å². The largest absolute Gasteiger partial charge is 0.480 e. The number of nitrogens with two attached hydrogens (primary N) is 1. The van der Waals surface area contributed by atoms with Crippen LogP contribution in [0.1, 0.15) is 19.8 Å². The predicted octanol–water partition coefficient (Wildman–Crippen LogP) is -0.685. The number of primary amides is 1. The zero-order valence-corrected chi connectivity index (χ0v) is 7.04. The molecule has 0 saturated heterocycles. The van der Waals surface area contributed by atoms with Gasteiger partial charge in [0.2, 0.25) is 5.91 Å². The highest BCUT2D eigenvalue weighted by atomic mass is 16.4. The highest BCUT2D eigenvalue weighted by Crippen LogP contribution is 1.91. The number of rotatable bonds is 6. The van der Waals surface area contributed by atoms with Gasteiger partial charge in [-0.25, -0.2) is 0 Å². The fourth-order valence-electron chi connectivity index (χ4n) is 0.767. The maximum absolute atomic E-state index is 10.5. The summed E-state index contributed by atoms with van der Waals surface area (Å²) in [5.41, 5.74) is 4.86. The van der Waals surface area contributed by atoms with Gasteiger partial charge in [-0.2, -0.15) is 0 Å². The van der Waals surface area contributed by atoms with Gasteiger partial charge in [-0.3, -0.25) is 9.59 Å². The van der Waals surface area contributed by atoms with Crippen LogP contribution in [0.5, 0.6) is 0 Å². The topological polar surface area (TPSA) is 92.4 Å². The second-order valence-electron chi connectivity index (χ2n) is 2.52. The van der Waals surface area contributed by atoms with Crippen LogP contribution in [0.25, 0.3) is 0 Å². The molecule has 0 saturated carbocycles. The lowest BCUT2D eigenvalue weighted by Crippen LogP contribution is -2.40. The van der Waals surface area contributed by atoms with Crippen molar-refractivity contribution >= 4 is 11.9 Å². The molecule has 0 heterocycles. The second-order valence-corrected chi connectivity index (χ2v) is 2.52. The number of carboxylic acid groups (broad SMARTS) is 1. The molecule has 0 aliphatic carbocycles. The molecule has 0 aromatic rings. The molecule has 0 spiro atoms. The number of amides is 1. The first kappa shape index (κ1) is 10.9. The van der Waals surface area contributed by atoms with E-state index in [1.54, 1.807) is 0 Å². The highest BCUT2D eigenvalue weighted by molar-refractivity contribution is 5.83. The summed E-state index contributed by atoms with van der Waals surface area (Å²) in [7, 11) is 0. The molecule has 1 amide bonds. The van der Waals surface area contributed by atoms with Crippen LogP contribution in [0.15, 0.2) is 0 Å². The van der Waals surface area contributed by atoms with Gasteiger partial charge in [0.25, 0.3) is 0 Å². The third-order valence-electron chi connectivity index (χ3n) is 1.34. The number of nitrogens with one attached hydrogen (secondary N) is 1. The van der Waals surface area contributed by atoms with Gasteiger partial charge in [-0.15, -0.1) is 0 Å². The van der Waals surface area contributed by atoms with E-state index in [-0.39, 0.29) is 6.42 Å². The molecule has 0 fully saturated rings. The number of carboxylic acids is 1. The van der Waals surface area contributed by atoms with E-state index in [0.717, 1.165) is 6.42 Å². The Morgan fingerprint density at radius 3 is 2.50 bits per heavy atom. The molecule has 0 aromatic carbocycles. The van der Waals surface area contributed by atoms with Crippen molar-refractivity contribution < 1.29 is 14.7 Å². The van der Waals surface area contributed by atoms with E-state index in [9.17, 15) is 9.59 Å². The first-order valence-corrected chi connectivity index (χ1v) is 3.82. The van der Waals surface area contributed by atoms with E-state index in [0.29, 0.717) is 6.54 Å². The van der Waals surface area contributed by atoms with Crippen LogP contribution in [0.2, 0.25) is 0 Å². The predicted molar refractivity (Wildman–Crippen MR) is 43.5 cm³/mol. The van der Waals surface area contributed by atoms with Crippen molar-refractivity contribution in [1.82, 2.24) is 5.32 Å². The molecule has 1 atom stereocenters. The van der Waals surface area contributed by atoms with Crippen molar-refractivity contribution in [2.24, 2.45) is 5.73 Å². The molecule has 0 aliphatic rings. The Labute approximate surface area is 70.9 Å². The number of hydrogen-bond donors (Lipinski definition) is 3. The minimum atomic E-state index is -1.04. The quantitative estimate of drug-likeness (QED) is 0.497. The molecule has 0 aromatic heterocycles. The van der Waals surface area contributed by atoms with Crippen LogP contribution in [0.3, 0.4) is 0 Å². The van der Waals surface area contributed by atoms with Crippen LogP contribution in [0.4, 0.5) is 0 Å². The molecule has 0 aliphatic heterocycles. The third-order valence-corrected chi connectivity index (χ3v) is 1.34. The van der Waals surface area contributed by atoms with E-state index in [4.69, 9.17) is 10.8 Å². The highest BCUT2D eigenvalue weighted by Gasteiger charge is 2.18. The first-order valence-electron chi connectivity index (χ1n) is 3.82. The van der Waals surface area contributed by atoms with Crippen LogP contribution in [-0.2, 0) is 9.59 Å². The van der Waals surface area contributed by atoms with Gasteiger partial charge in [0.15, 0.2) is 0 Å². The van der Waals surface area contributed by atoms with Crippen molar-refractivity contribution in [3.63, 3.8) is 0 Å². The van der Waals surface area contributed by atoms with E-state index in [1.165, 1.54) is 0 Å². The van der Waals surface area contributed by atoms with Crippen LogP contribution < -0.4 is 11.1 Å². The molecule has 5 nitrogen and oxygen atoms in total. The van der Waals surface area contributed by atoms with Crippen molar-refractivity contribution in [2.75, 3.05) is 6.54 Å². The summed E-state index contributed by atoms with van der Waals surface area (Å²) >= 11 is 0. The molecule has 70 valence electrons. The summed E-state index contributed by atoms with van der Waals surface area (Å²) in [6.07, 6.45) is 0.665. The minimum absolute atomic E-state index is 0.157. The third kappa shape index (κ3) is 4.68. The SMILES string of the molecule is CCCN[C@@H](CC(N)=O)C(=O)O. The monoisotopic (exact) mass is 174 g/mol. The second kappa shape index (κ2) is 5.54. The molecular weight excluding hydrogens is 160 g/mol. The Bertz CT molecular complexity index is 170. The lowest BCUT2D eigenvalue weighted by molar-refractivity contribution is -0.141. The Morgan fingerprint density at radius 1 is 1.58 bits per heavy atom. The number of hydrogen-bond acceptors (Lipinski definition) is 3. The van der Waals surface area contributed by atoms with Crippen LogP contribution >= 0.6 is 0 Å². The standard InChI is InChI=1S/C7H14N2O3/c1-2-3-9-5(7(11)12)4-6(8)10/h5,9H,2-4H2,1H3,(H2,8,10)(H,11,12)/t5-/m0/s1. The molecule has 0 radical (unpaired) electrons. The summed E-state index contributed by atoms with van der Waals surface area (Å²) < 4.78 is 0. The Balaban J connectivity index is 3.87. The van der Waals surface area contributed by atoms with Gasteiger partial charge in [0.1, 0.15) is 6.04 Å². The lowest BCUT2D eigenvalue weighted by Gasteiger charge is -2.10. The lowest BCUT2D eigenvalue weighted by atomic mass is 10.2. The van der Waals surface area contributed by atoms with Gasteiger partial charge >= 0.3 is 5.97 Å². The summed E-state index contributed by atoms with van der Waals surface area (Å²) in [5.74, 6) is -1.65. The summed E-state index contributed by atoms with van der Waals surface area (Å²) in [6.45, 7) is 2.49. The fraction of sp³-hybridized carbons (Fsp3) is 0.714. The Morgan fingerprint density at radius 2 is 2.17 bits per heavy atom. The molecule has 4 N–H and O–H groups in total. The van der Waals surface area contributed by atoms with E-state index in [2.05, 4.69) is 5.32 Å². The molecule has 0 bridgehead atoms. The van der Waals surface area contributed by atoms with Crippen molar-refractivity contribution in [1.29, 1.82) is 0 Å². The first-order chi connectivity index (χ1) is 5.57. The number of aliphatic carboxylic acids is 1. The molecule has 0 rings (SSSR count). The van der Waals surface area contributed by atoms with Gasteiger partial charge < -0.3 is 16.2 Å². The van der Waals surface area contributed by atoms with E-state index < -0.39 is 17.9 Å². The van der Waals surface area contributed by atoms with Gasteiger partial charge in [-0.05, 0) is 13.0 Å². The number of carbonyl (C=O) groups is 2. The maximum Gasteiger partial charge on any atom is 0.321 e. The summed E-state index contributed by atoms with van der Waals surface area (Å²) in [5, 5.41) is 11.3. The van der Waals surface area contributed by atoms with E-state index >= 15 is 0 Å². The maximum atomic E-state index is 10.5. The van der Waals surface area contributed by atoms with Crippen LogP contribution in [0, 0.1) is 0 Å². The zero-order valence-electron chi connectivity index (χ0n) is 7.04. The van der Waals surface area contributed by atoms with E-state index in [1.807, 2.05) is 6.92 Å². The average Bonchev–Trinajstić information content (AvgIpc) is 1.96. The normalized spacial score (nSPS) is 12.4. The Hall–Kier alpha value is -1.10. The molecule has 0 unspecified atom stereocenters. The summed E-state index contributed by atoms with van der Waals surface area (Å²) in [4.78, 5) is 20.9. The molecular formula is C7H14N2O3.